The third-order valence-electron chi connectivity index (χ3n) is 4.31. The standard InChI is InChI=1S/C15H22N4O2S/c1-18-4-2-3-13(18)14(20)17-9-11-7-12(16-8-11)15(21)19-5-6-22-10-19/h2-4,11-12,16H,5-10H2,1H3,(H,17,20)/t11-,12-/m0/s1. The molecule has 0 radical (unpaired) electrons. The van der Waals surface area contributed by atoms with E-state index in [2.05, 4.69) is 10.6 Å². The van der Waals surface area contributed by atoms with Gasteiger partial charge < -0.3 is 20.1 Å². The Balaban J connectivity index is 1.46. The highest BCUT2D eigenvalue weighted by atomic mass is 32.2. The Morgan fingerprint density at radius 1 is 1.50 bits per heavy atom. The molecule has 2 aliphatic heterocycles. The van der Waals surface area contributed by atoms with Gasteiger partial charge in [0.2, 0.25) is 5.91 Å². The number of aryl methyl sites for hydroxylation is 1. The Morgan fingerprint density at radius 3 is 3.05 bits per heavy atom. The van der Waals surface area contributed by atoms with Gasteiger partial charge in [-0.05, 0) is 24.5 Å². The molecule has 2 N–H and O–H groups in total. The number of carbonyl (C=O) groups is 2. The molecule has 6 nitrogen and oxygen atoms in total. The van der Waals surface area contributed by atoms with Crippen LogP contribution in [-0.2, 0) is 11.8 Å². The summed E-state index contributed by atoms with van der Waals surface area (Å²) in [6, 6.07) is 3.57. The van der Waals surface area contributed by atoms with Gasteiger partial charge in [0.05, 0.1) is 11.9 Å². The van der Waals surface area contributed by atoms with E-state index in [1.54, 1.807) is 22.4 Å². The Kier molecular flexibility index (Phi) is 4.73. The monoisotopic (exact) mass is 322 g/mol. The maximum atomic E-state index is 12.3. The second-order valence-electron chi connectivity index (χ2n) is 5.92. The lowest BCUT2D eigenvalue weighted by atomic mass is 10.0. The summed E-state index contributed by atoms with van der Waals surface area (Å²) in [5.74, 6) is 2.31. The van der Waals surface area contributed by atoms with Gasteiger partial charge in [-0.25, -0.2) is 0 Å². The molecule has 0 saturated carbocycles. The number of thioether (sulfide) groups is 1. The average Bonchev–Trinajstić information content (AvgIpc) is 3.25. The molecule has 2 aliphatic rings. The summed E-state index contributed by atoms with van der Waals surface area (Å²) in [6.07, 6.45) is 2.65. The van der Waals surface area contributed by atoms with E-state index >= 15 is 0 Å². The van der Waals surface area contributed by atoms with E-state index in [1.165, 1.54) is 0 Å². The Bertz CT molecular complexity index is 553. The van der Waals surface area contributed by atoms with Crippen LogP contribution in [0.3, 0.4) is 0 Å². The summed E-state index contributed by atoms with van der Waals surface area (Å²) in [4.78, 5) is 26.3. The fourth-order valence-corrected chi connectivity index (χ4v) is 3.94. The van der Waals surface area contributed by atoms with Crippen molar-refractivity contribution in [2.24, 2.45) is 13.0 Å². The molecule has 120 valence electrons. The van der Waals surface area contributed by atoms with E-state index < -0.39 is 0 Å². The molecule has 0 bridgehead atoms. The molecule has 0 aromatic carbocycles. The number of hydrogen-bond donors (Lipinski definition) is 2. The molecule has 3 heterocycles. The summed E-state index contributed by atoms with van der Waals surface area (Å²) >= 11 is 1.80. The molecule has 3 rings (SSSR count). The van der Waals surface area contributed by atoms with E-state index in [4.69, 9.17) is 0 Å². The Hall–Kier alpha value is -1.47. The van der Waals surface area contributed by atoms with Gasteiger partial charge in [-0.2, -0.15) is 0 Å². The number of nitrogens with zero attached hydrogens (tertiary/aromatic N) is 2. The van der Waals surface area contributed by atoms with E-state index in [0.29, 0.717) is 18.2 Å². The summed E-state index contributed by atoms with van der Waals surface area (Å²) in [5.41, 5.74) is 0.660. The topological polar surface area (TPSA) is 66.4 Å². The van der Waals surface area contributed by atoms with Crippen LogP contribution in [0.4, 0.5) is 0 Å². The molecule has 1 aromatic rings. The smallest absolute Gasteiger partial charge is 0.267 e. The lowest BCUT2D eigenvalue weighted by Gasteiger charge is -2.19. The van der Waals surface area contributed by atoms with Gasteiger partial charge in [-0.3, -0.25) is 9.59 Å². The van der Waals surface area contributed by atoms with E-state index in [-0.39, 0.29) is 17.9 Å². The Labute approximate surface area is 134 Å². The highest BCUT2D eigenvalue weighted by Crippen LogP contribution is 2.20. The van der Waals surface area contributed by atoms with Crippen molar-refractivity contribution in [3.8, 4) is 0 Å². The van der Waals surface area contributed by atoms with Crippen molar-refractivity contribution in [2.75, 3.05) is 31.3 Å². The SMILES string of the molecule is Cn1cccc1C(=O)NC[C@@H]1CN[C@H](C(=O)N2CCSC2)C1. The van der Waals surface area contributed by atoms with Crippen molar-refractivity contribution in [1.29, 1.82) is 0 Å². The fourth-order valence-electron chi connectivity index (χ4n) is 2.99. The number of hydrogen-bond acceptors (Lipinski definition) is 4. The quantitative estimate of drug-likeness (QED) is 0.835. The largest absolute Gasteiger partial charge is 0.350 e. The van der Waals surface area contributed by atoms with Gasteiger partial charge in [0, 0.05) is 38.6 Å². The minimum atomic E-state index is -0.0874. The van der Waals surface area contributed by atoms with Gasteiger partial charge >= 0.3 is 0 Å². The maximum Gasteiger partial charge on any atom is 0.267 e. The maximum absolute atomic E-state index is 12.3. The summed E-state index contributed by atoms with van der Waals surface area (Å²) in [7, 11) is 1.86. The molecule has 1 aromatic heterocycles. The second-order valence-corrected chi connectivity index (χ2v) is 6.99. The van der Waals surface area contributed by atoms with Crippen LogP contribution in [0.5, 0.6) is 0 Å². The molecule has 7 heteroatoms. The van der Waals surface area contributed by atoms with Gasteiger partial charge in [0.1, 0.15) is 5.69 Å². The van der Waals surface area contributed by atoms with E-state index in [1.807, 2.05) is 24.2 Å². The number of aromatic nitrogens is 1. The second kappa shape index (κ2) is 6.75. The first-order valence-corrected chi connectivity index (χ1v) is 8.80. The third kappa shape index (κ3) is 3.30. The zero-order valence-corrected chi connectivity index (χ0v) is 13.6. The van der Waals surface area contributed by atoms with Crippen LogP contribution in [0, 0.1) is 5.92 Å². The molecule has 0 unspecified atom stereocenters. The normalized spacial score (nSPS) is 24.7. The van der Waals surface area contributed by atoms with Crippen LogP contribution in [0.25, 0.3) is 0 Å². The molecular weight excluding hydrogens is 300 g/mol. The van der Waals surface area contributed by atoms with Crippen molar-refractivity contribution < 1.29 is 9.59 Å². The average molecular weight is 322 g/mol. The highest BCUT2D eigenvalue weighted by Gasteiger charge is 2.33. The first-order valence-electron chi connectivity index (χ1n) is 7.64. The molecule has 2 fully saturated rings. The van der Waals surface area contributed by atoms with E-state index in [0.717, 1.165) is 31.1 Å². The number of rotatable bonds is 4. The van der Waals surface area contributed by atoms with Crippen molar-refractivity contribution in [3.63, 3.8) is 0 Å². The number of nitrogens with one attached hydrogen (secondary N) is 2. The minimum Gasteiger partial charge on any atom is -0.350 e. The lowest BCUT2D eigenvalue weighted by molar-refractivity contribution is -0.131. The molecule has 2 saturated heterocycles. The molecular formula is C15H22N4O2S. The van der Waals surface area contributed by atoms with Crippen LogP contribution < -0.4 is 10.6 Å². The van der Waals surface area contributed by atoms with Gasteiger partial charge in [0.15, 0.2) is 0 Å². The van der Waals surface area contributed by atoms with Crippen molar-refractivity contribution in [3.05, 3.63) is 24.0 Å². The predicted octanol–water partition coefficient (Wildman–Crippen LogP) is 0.266. The van der Waals surface area contributed by atoms with Crippen LogP contribution >= 0.6 is 11.8 Å². The van der Waals surface area contributed by atoms with Crippen molar-refractivity contribution in [1.82, 2.24) is 20.1 Å². The lowest BCUT2D eigenvalue weighted by Crippen LogP contribution is -2.42. The molecule has 2 amide bonds. The highest BCUT2D eigenvalue weighted by molar-refractivity contribution is 7.99. The summed E-state index contributed by atoms with van der Waals surface area (Å²) in [5, 5.41) is 6.26. The first kappa shape index (κ1) is 15.4. The number of carbonyl (C=O) groups excluding carboxylic acids is 2. The molecule has 2 atom stereocenters. The molecule has 0 spiro atoms. The Morgan fingerprint density at radius 2 is 2.36 bits per heavy atom. The van der Waals surface area contributed by atoms with Crippen molar-refractivity contribution in [2.45, 2.75) is 12.5 Å². The van der Waals surface area contributed by atoms with E-state index in [9.17, 15) is 9.59 Å². The predicted molar refractivity (Wildman–Crippen MR) is 86.7 cm³/mol. The molecule has 0 aliphatic carbocycles. The van der Waals surface area contributed by atoms with Gasteiger partial charge in [-0.15, -0.1) is 11.8 Å². The number of amides is 2. The fraction of sp³-hybridized carbons (Fsp3) is 0.600. The van der Waals surface area contributed by atoms with Crippen LogP contribution in [0.15, 0.2) is 18.3 Å². The summed E-state index contributed by atoms with van der Waals surface area (Å²) < 4.78 is 1.81. The summed E-state index contributed by atoms with van der Waals surface area (Å²) in [6.45, 7) is 2.25. The van der Waals surface area contributed by atoms with Crippen LogP contribution in [0.1, 0.15) is 16.9 Å². The van der Waals surface area contributed by atoms with Gasteiger partial charge in [-0.1, -0.05) is 0 Å². The van der Waals surface area contributed by atoms with Crippen molar-refractivity contribution >= 4 is 23.6 Å². The van der Waals surface area contributed by atoms with Gasteiger partial charge in [0.25, 0.3) is 5.91 Å². The molecule has 22 heavy (non-hydrogen) atoms. The first-order chi connectivity index (χ1) is 10.6. The minimum absolute atomic E-state index is 0.0572. The van der Waals surface area contributed by atoms with Crippen LogP contribution in [-0.4, -0.2) is 58.6 Å². The third-order valence-corrected chi connectivity index (χ3v) is 5.28. The zero-order valence-electron chi connectivity index (χ0n) is 12.7. The zero-order chi connectivity index (χ0) is 15.5. The van der Waals surface area contributed by atoms with Crippen LogP contribution in [0.2, 0.25) is 0 Å².